The highest BCUT2D eigenvalue weighted by Gasteiger charge is 2.32. The smallest absolute Gasteiger partial charge is 0.253 e. The Bertz CT molecular complexity index is 801. The lowest BCUT2D eigenvalue weighted by atomic mass is 9.92. The third-order valence-electron chi connectivity index (χ3n) is 4.95. The molecule has 0 aromatic heterocycles. The molecule has 0 aliphatic carbocycles. The van der Waals surface area contributed by atoms with E-state index in [0.29, 0.717) is 17.2 Å². The molecular formula is C21H24ClNO3. The fourth-order valence-electron chi connectivity index (χ4n) is 3.39. The number of phenolic OH excluding ortho intramolecular Hbond substituents is 1. The molecule has 1 aliphatic heterocycles. The summed E-state index contributed by atoms with van der Waals surface area (Å²) in [7, 11) is 1.86. The summed E-state index contributed by atoms with van der Waals surface area (Å²) in [6.45, 7) is 4.81. The number of amides is 1. The van der Waals surface area contributed by atoms with E-state index in [9.17, 15) is 9.90 Å². The van der Waals surface area contributed by atoms with E-state index < -0.39 is 0 Å². The van der Waals surface area contributed by atoms with Crippen LogP contribution in [0.25, 0.3) is 11.1 Å². The summed E-state index contributed by atoms with van der Waals surface area (Å²) in [5.74, 6) is 0.0752. The molecule has 1 N–H and O–H groups in total. The summed E-state index contributed by atoms with van der Waals surface area (Å²) in [5.41, 5.74) is 2.30. The fraction of sp³-hybridized carbons (Fsp3) is 0.381. The molecule has 1 fully saturated rings. The second-order valence-corrected chi connectivity index (χ2v) is 7.82. The van der Waals surface area contributed by atoms with Gasteiger partial charge >= 0.3 is 0 Å². The molecule has 138 valence electrons. The Balaban J connectivity index is 1.75. The van der Waals surface area contributed by atoms with Crippen LogP contribution in [0.15, 0.2) is 42.5 Å². The first kappa shape index (κ1) is 18.7. The van der Waals surface area contributed by atoms with E-state index in [0.717, 1.165) is 24.0 Å². The van der Waals surface area contributed by atoms with Crippen LogP contribution in [0.2, 0.25) is 5.02 Å². The van der Waals surface area contributed by atoms with Crippen molar-refractivity contribution < 1.29 is 14.6 Å². The highest BCUT2D eigenvalue weighted by Crippen LogP contribution is 2.30. The van der Waals surface area contributed by atoms with E-state index in [1.807, 2.05) is 36.2 Å². The third-order valence-corrected chi connectivity index (χ3v) is 5.25. The van der Waals surface area contributed by atoms with Crippen molar-refractivity contribution in [3.8, 4) is 16.9 Å². The van der Waals surface area contributed by atoms with Gasteiger partial charge in [0.05, 0.1) is 10.6 Å². The number of rotatable bonds is 3. The SMILES string of the molecule is CN(C(=O)c1ccc(-c2ccc(O)c(Cl)c2)cc1)[C@H]1CCOC(C)(C)C1. The van der Waals surface area contributed by atoms with E-state index in [2.05, 4.69) is 13.8 Å². The maximum absolute atomic E-state index is 12.8. The number of benzene rings is 2. The lowest BCUT2D eigenvalue weighted by Crippen LogP contribution is -2.46. The maximum atomic E-state index is 12.8. The topological polar surface area (TPSA) is 49.8 Å². The Hall–Kier alpha value is -2.04. The van der Waals surface area contributed by atoms with Crippen LogP contribution in [-0.2, 0) is 4.74 Å². The Kier molecular flexibility index (Phi) is 5.26. The Morgan fingerprint density at radius 2 is 1.85 bits per heavy atom. The maximum Gasteiger partial charge on any atom is 0.253 e. The van der Waals surface area contributed by atoms with Gasteiger partial charge in [0, 0.05) is 25.3 Å². The van der Waals surface area contributed by atoms with Crippen LogP contribution in [0.3, 0.4) is 0 Å². The quantitative estimate of drug-likeness (QED) is 0.845. The van der Waals surface area contributed by atoms with Gasteiger partial charge in [-0.1, -0.05) is 29.8 Å². The van der Waals surface area contributed by atoms with Crippen molar-refractivity contribution in [1.29, 1.82) is 0 Å². The molecule has 0 saturated carbocycles. The predicted octanol–water partition coefficient (Wildman–Crippen LogP) is 4.74. The average Bonchev–Trinajstić information content (AvgIpc) is 2.62. The summed E-state index contributed by atoms with van der Waals surface area (Å²) in [5, 5.41) is 9.85. The van der Waals surface area contributed by atoms with Crippen molar-refractivity contribution >= 4 is 17.5 Å². The zero-order valence-corrected chi connectivity index (χ0v) is 16.1. The third kappa shape index (κ3) is 4.02. The number of hydrogen-bond donors (Lipinski definition) is 1. The van der Waals surface area contributed by atoms with E-state index in [1.54, 1.807) is 18.2 Å². The summed E-state index contributed by atoms with van der Waals surface area (Å²) in [4.78, 5) is 14.7. The molecule has 3 rings (SSSR count). The first-order valence-corrected chi connectivity index (χ1v) is 9.15. The summed E-state index contributed by atoms with van der Waals surface area (Å²) in [6, 6.07) is 12.7. The number of phenols is 1. The number of aromatic hydroxyl groups is 1. The normalized spacial score (nSPS) is 19.2. The Morgan fingerprint density at radius 3 is 2.46 bits per heavy atom. The van der Waals surface area contributed by atoms with Crippen LogP contribution in [0.1, 0.15) is 37.0 Å². The molecule has 1 atom stereocenters. The summed E-state index contributed by atoms with van der Waals surface area (Å²) < 4.78 is 5.75. The van der Waals surface area contributed by atoms with E-state index in [-0.39, 0.29) is 23.3 Å². The van der Waals surface area contributed by atoms with Crippen molar-refractivity contribution in [3.63, 3.8) is 0 Å². The fourth-order valence-corrected chi connectivity index (χ4v) is 3.57. The van der Waals surface area contributed by atoms with Gasteiger partial charge in [-0.2, -0.15) is 0 Å². The zero-order valence-electron chi connectivity index (χ0n) is 15.3. The van der Waals surface area contributed by atoms with Gasteiger partial charge in [-0.15, -0.1) is 0 Å². The van der Waals surface area contributed by atoms with Crippen molar-refractivity contribution in [3.05, 3.63) is 53.1 Å². The monoisotopic (exact) mass is 373 g/mol. The summed E-state index contributed by atoms with van der Waals surface area (Å²) in [6.07, 6.45) is 1.69. The van der Waals surface area contributed by atoms with Gasteiger partial charge in [-0.05, 0) is 62.1 Å². The van der Waals surface area contributed by atoms with Crippen LogP contribution in [-0.4, -0.2) is 41.2 Å². The first-order chi connectivity index (χ1) is 12.3. The second-order valence-electron chi connectivity index (χ2n) is 7.41. The minimum atomic E-state index is -0.195. The van der Waals surface area contributed by atoms with Gasteiger partial charge < -0.3 is 14.7 Å². The molecule has 2 aromatic rings. The molecule has 4 nitrogen and oxygen atoms in total. The molecule has 2 aromatic carbocycles. The number of nitrogens with zero attached hydrogens (tertiary/aromatic N) is 1. The van der Waals surface area contributed by atoms with Gasteiger partial charge in [0.25, 0.3) is 5.91 Å². The van der Waals surface area contributed by atoms with Crippen LogP contribution in [0.4, 0.5) is 0 Å². The average molecular weight is 374 g/mol. The van der Waals surface area contributed by atoms with Crippen molar-refractivity contribution in [1.82, 2.24) is 4.90 Å². The first-order valence-electron chi connectivity index (χ1n) is 8.77. The number of carbonyl (C=O) groups is 1. The van der Waals surface area contributed by atoms with Gasteiger partial charge in [0.1, 0.15) is 5.75 Å². The van der Waals surface area contributed by atoms with Gasteiger partial charge in [-0.25, -0.2) is 0 Å². The molecule has 5 heteroatoms. The van der Waals surface area contributed by atoms with Gasteiger partial charge in [0.2, 0.25) is 0 Å². The molecule has 1 aliphatic rings. The number of ether oxygens (including phenoxy) is 1. The standard InChI is InChI=1S/C21H24ClNO3/c1-21(2)13-17(10-11-26-21)23(3)20(25)15-6-4-14(5-7-15)16-8-9-19(24)18(22)12-16/h4-9,12,17,24H,10-11,13H2,1-3H3/t17-/m0/s1. The second kappa shape index (κ2) is 7.29. The molecule has 0 spiro atoms. The molecule has 1 heterocycles. The molecule has 26 heavy (non-hydrogen) atoms. The van der Waals surface area contributed by atoms with Gasteiger partial charge in [0.15, 0.2) is 0 Å². The highest BCUT2D eigenvalue weighted by atomic mass is 35.5. The van der Waals surface area contributed by atoms with Crippen molar-refractivity contribution in [2.24, 2.45) is 0 Å². The van der Waals surface area contributed by atoms with Crippen LogP contribution >= 0.6 is 11.6 Å². The van der Waals surface area contributed by atoms with Crippen LogP contribution in [0.5, 0.6) is 5.75 Å². The van der Waals surface area contributed by atoms with Gasteiger partial charge in [-0.3, -0.25) is 4.79 Å². The molecule has 0 radical (unpaired) electrons. The lowest BCUT2D eigenvalue weighted by Gasteiger charge is -2.39. The van der Waals surface area contributed by atoms with E-state index in [4.69, 9.17) is 16.3 Å². The van der Waals surface area contributed by atoms with Crippen LogP contribution < -0.4 is 0 Å². The molecule has 1 amide bonds. The van der Waals surface area contributed by atoms with E-state index in [1.165, 1.54) is 0 Å². The minimum absolute atomic E-state index is 0.0167. The molecule has 0 unspecified atom stereocenters. The zero-order chi connectivity index (χ0) is 18.9. The predicted molar refractivity (Wildman–Crippen MR) is 104 cm³/mol. The number of carbonyl (C=O) groups excluding carboxylic acids is 1. The van der Waals surface area contributed by atoms with E-state index >= 15 is 0 Å². The Labute approximate surface area is 159 Å². The Morgan fingerprint density at radius 1 is 1.19 bits per heavy atom. The van der Waals surface area contributed by atoms with Crippen LogP contribution in [0, 0.1) is 0 Å². The van der Waals surface area contributed by atoms with Crippen molar-refractivity contribution in [2.45, 2.75) is 38.3 Å². The number of halogens is 1. The highest BCUT2D eigenvalue weighted by molar-refractivity contribution is 6.32. The molecular weight excluding hydrogens is 350 g/mol. The number of hydrogen-bond acceptors (Lipinski definition) is 3. The molecule has 1 saturated heterocycles. The summed E-state index contributed by atoms with van der Waals surface area (Å²) >= 11 is 5.98. The van der Waals surface area contributed by atoms with Crippen molar-refractivity contribution in [2.75, 3.05) is 13.7 Å². The largest absolute Gasteiger partial charge is 0.506 e. The minimum Gasteiger partial charge on any atom is -0.506 e. The molecule has 0 bridgehead atoms. The lowest BCUT2D eigenvalue weighted by molar-refractivity contribution is -0.0756.